The SMILES string of the molecule is C=C(C)CN1CC=CCC1. The molecule has 0 bridgehead atoms. The van der Waals surface area contributed by atoms with Crippen molar-refractivity contribution in [1.29, 1.82) is 0 Å². The van der Waals surface area contributed by atoms with Crippen LogP contribution >= 0.6 is 0 Å². The van der Waals surface area contributed by atoms with Crippen LogP contribution in [0.1, 0.15) is 13.3 Å². The number of hydrogen-bond acceptors (Lipinski definition) is 1. The van der Waals surface area contributed by atoms with Gasteiger partial charge >= 0.3 is 0 Å². The monoisotopic (exact) mass is 137 g/mol. The minimum absolute atomic E-state index is 1.06. The summed E-state index contributed by atoms with van der Waals surface area (Å²) in [6.45, 7) is 9.33. The highest BCUT2D eigenvalue weighted by Crippen LogP contribution is 2.02. The van der Waals surface area contributed by atoms with Crippen LogP contribution < -0.4 is 0 Å². The van der Waals surface area contributed by atoms with Crippen LogP contribution in [0.5, 0.6) is 0 Å². The van der Waals surface area contributed by atoms with E-state index >= 15 is 0 Å². The average molecular weight is 137 g/mol. The van der Waals surface area contributed by atoms with Gasteiger partial charge in [0, 0.05) is 19.6 Å². The molecule has 0 unspecified atom stereocenters. The van der Waals surface area contributed by atoms with Gasteiger partial charge in [-0.1, -0.05) is 24.3 Å². The quantitative estimate of drug-likeness (QED) is 0.525. The van der Waals surface area contributed by atoms with Crippen LogP contribution in [0.2, 0.25) is 0 Å². The van der Waals surface area contributed by atoms with Crippen LogP contribution in [-0.4, -0.2) is 24.5 Å². The second kappa shape index (κ2) is 3.57. The van der Waals surface area contributed by atoms with Crippen molar-refractivity contribution in [3.05, 3.63) is 24.3 Å². The summed E-state index contributed by atoms with van der Waals surface area (Å²) < 4.78 is 0. The molecular weight excluding hydrogens is 122 g/mol. The molecule has 0 N–H and O–H groups in total. The molecule has 0 amide bonds. The van der Waals surface area contributed by atoms with Crippen LogP contribution in [0.4, 0.5) is 0 Å². The minimum atomic E-state index is 1.06. The lowest BCUT2D eigenvalue weighted by atomic mass is 10.2. The minimum Gasteiger partial charge on any atom is -0.295 e. The molecule has 56 valence electrons. The molecule has 0 saturated heterocycles. The summed E-state index contributed by atoms with van der Waals surface area (Å²) >= 11 is 0. The Morgan fingerprint density at radius 1 is 1.60 bits per heavy atom. The summed E-state index contributed by atoms with van der Waals surface area (Å²) in [5, 5.41) is 0. The number of rotatable bonds is 2. The van der Waals surface area contributed by atoms with Crippen LogP contribution in [0, 0.1) is 0 Å². The summed E-state index contributed by atoms with van der Waals surface area (Å²) in [5.41, 5.74) is 1.26. The second-order valence-electron chi connectivity index (χ2n) is 2.95. The Kier molecular flexibility index (Phi) is 2.69. The fraction of sp³-hybridized carbons (Fsp3) is 0.556. The van der Waals surface area contributed by atoms with Gasteiger partial charge in [-0.25, -0.2) is 0 Å². The standard InChI is InChI=1S/C9H15N/c1-9(2)8-10-6-4-3-5-7-10/h3-4H,1,5-8H2,2H3. The van der Waals surface area contributed by atoms with Crippen molar-refractivity contribution in [3.63, 3.8) is 0 Å². The van der Waals surface area contributed by atoms with Crippen LogP contribution in [0.25, 0.3) is 0 Å². The Labute approximate surface area is 63.0 Å². The molecule has 1 aliphatic rings. The summed E-state index contributed by atoms with van der Waals surface area (Å²) in [7, 11) is 0. The van der Waals surface area contributed by atoms with Gasteiger partial charge in [-0.05, 0) is 13.3 Å². The Hall–Kier alpha value is -0.560. The molecule has 1 rings (SSSR count). The van der Waals surface area contributed by atoms with E-state index in [9.17, 15) is 0 Å². The molecule has 0 aromatic heterocycles. The van der Waals surface area contributed by atoms with Gasteiger partial charge in [0.1, 0.15) is 0 Å². The first kappa shape index (κ1) is 7.55. The van der Waals surface area contributed by atoms with E-state index in [1.54, 1.807) is 0 Å². The molecule has 1 heteroatoms. The first-order chi connectivity index (χ1) is 4.79. The topological polar surface area (TPSA) is 3.24 Å². The van der Waals surface area contributed by atoms with Gasteiger partial charge < -0.3 is 0 Å². The van der Waals surface area contributed by atoms with Crippen molar-refractivity contribution < 1.29 is 0 Å². The van der Waals surface area contributed by atoms with Crippen LogP contribution in [0.3, 0.4) is 0 Å². The largest absolute Gasteiger partial charge is 0.295 e. The second-order valence-corrected chi connectivity index (χ2v) is 2.95. The fourth-order valence-electron chi connectivity index (χ4n) is 1.22. The third-order valence-electron chi connectivity index (χ3n) is 1.64. The maximum Gasteiger partial charge on any atom is 0.0190 e. The molecule has 0 fully saturated rings. The Morgan fingerprint density at radius 3 is 2.90 bits per heavy atom. The summed E-state index contributed by atoms with van der Waals surface area (Å²) in [5.74, 6) is 0. The van der Waals surface area contributed by atoms with E-state index in [1.165, 1.54) is 18.5 Å². The van der Waals surface area contributed by atoms with Crippen LogP contribution in [0.15, 0.2) is 24.3 Å². The van der Waals surface area contributed by atoms with Gasteiger partial charge in [0.25, 0.3) is 0 Å². The molecule has 0 aromatic rings. The normalized spacial score (nSPS) is 19.3. The molecule has 0 spiro atoms. The highest BCUT2D eigenvalue weighted by Gasteiger charge is 2.03. The maximum atomic E-state index is 3.88. The predicted molar refractivity (Wildman–Crippen MR) is 45.0 cm³/mol. The number of nitrogens with zero attached hydrogens (tertiary/aromatic N) is 1. The average Bonchev–Trinajstić information content (AvgIpc) is 1.88. The van der Waals surface area contributed by atoms with E-state index in [0.717, 1.165) is 13.1 Å². The fourth-order valence-corrected chi connectivity index (χ4v) is 1.22. The van der Waals surface area contributed by atoms with Crippen molar-refractivity contribution in [3.8, 4) is 0 Å². The van der Waals surface area contributed by atoms with Crippen LogP contribution in [-0.2, 0) is 0 Å². The van der Waals surface area contributed by atoms with Crippen molar-refractivity contribution >= 4 is 0 Å². The van der Waals surface area contributed by atoms with Gasteiger partial charge in [-0.15, -0.1) is 0 Å². The first-order valence-electron chi connectivity index (χ1n) is 3.81. The summed E-state index contributed by atoms with van der Waals surface area (Å²) in [6, 6.07) is 0. The molecule has 1 nitrogen and oxygen atoms in total. The van der Waals surface area contributed by atoms with Gasteiger partial charge in [0.2, 0.25) is 0 Å². The van der Waals surface area contributed by atoms with Gasteiger partial charge in [0.05, 0.1) is 0 Å². The van der Waals surface area contributed by atoms with E-state index in [2.05, 4.69) is 30.6 Å². The molecule has 0 radical (unpaired) electrons. The van der Waals surface area contributed by atoms with E-state index < -0.39 is 0 Å². The Bertz CT molecular complexity index is 147. The zero-order chi connectivity index (χ0) is 7.40. The molecule has 0 saturated carbocycles. The predicted octanol–water partition coefficient (Wildman–Crippen LogP) is 1.82. The smallest absolute Gasteiger partial charge is 0.0190 e. The lowest BCUT2D eigenvalue weighted by Crippen LogP contribution is -2.28. The van der Waals surface area contributed by atoms with Crippen molar-refractivity contribution in [1.82, 2.24) is 4.90 Å². The number of hydrogen-bond donors (Lipinski definition) is 0. The van der Waals surface area contributed by atoms with E-state index in [0.29, 0.717) is 0 Å². The summed E-state index contributed by atoms with van der Waals surface area (Å²) in [6.07, 6.45) is 5.68. The zero-order valence-corrected chi connectivity index (χ0v) is 6.64. The molecule has 1 aliphatic heterocycles. The van der Waals surface area contributed by atoms with E-state index in [4.69, 9.17) is 0 Å². The Balaban J connectivity index is 2.28. The third-order valence-corrected chi connectivity index (χ3v) is 1.64. The zero-order valence-electron chi connectivity index (χ0n) is 6.64. The molecule has 0 aliphatic carbocycles. The lowest BCUT2D eigenvalue weighted by molar-refractivity contribution is 0.324. The first-order valence-corrected chi connectivity index (χ1v) is 3.81. The van der Waals surface area contributed by atoms with Gasteiger partial charge in [-0.2, -0.15) is 0 Å². The van der Waals surface area contributed by atoms with Crippen molar-refractivity contribution in [2.75, 3.05) is 19.6 Å². The molecular formula is C9H15N. The Morgan fingerprint density at radius 2 is 2.40 bits per heavy atom. The van der Waals surface area contributed by atoms with Gasteiger partial charge in [-0.3, -0.25) is 4.90 Å². The maximum absolute atomic E-state index is 3.88. The molecule has 0 aromatic carbocycles. The highest BCUT2D eigenvalue weighted by molar-refractivity contribution is 4.97. The molecule has 1 heterocycles. The van der Waals surface area contributed by atoms with E-state index in [-0.39, 0.29) is 0 Å². The summed E-state index contributed by atoms with van der Waals surface area (Å²) in [4.78, 5) is 2.41. The highest BCUT2D eigenvalue weighted by atomic mass is 15.1. The van der Waals surface area contributed by atoms with Gasteiger partial charge in [0.15, 0.2) is 0 Å². The van der Waals surface area contributed by atoms with E-state index in [1.807, 2.05) is 0 Å². The third kappa shape index (κ3) is 2.36. The molecule has 0 atom stereocenters. The lowest BCUT2D eigenvalue weighted by Gasteiger charge is -2.22. The van der Waals surface area contributed by atoms with Crippen molar-refractivity contribution in [2.45, 2.75) is 13.3 Å². The van der Waals surface area contributed by atoms with Crippen molar-refractivity contribution in [2.24, 2.45) is 0 Å². The molecule has 10 heavy (non-hydrogen) atoms.